The van der Waals surface area contributed by atoms with Gasteiger partial charge in [0.1, 0.15) is 5.84 Å². The molecule has 0 radical (unpaired) electrons. The Kier molecular flexibility index (Phi) is 3.88. The van der Waals surface area contributed by atoms with E-state index in [9.17, 15) is 0 Å². The molecule has 3 nitrogen and oxygen atoms in total. The van der Waals surface area contributed by atoms with E-state index in [-0.39, 0.29) is 12.4 Å². The van der Waals surface area contributed by atoms with Crippen LogP contribution in [-0.4, -0.2) is 11.9 Å². The first kappa shape index (κ1) is 13.7. The molecule has 2 aliphatic carbocycles. The van der Waals surface area contributed by atoms with Gasteiger partial charge in [-0.15, -0.1) is 0 Å². The molecule has 0 aromatic heterocycles. The summed E-state index contributed by atoms with van der Waals surface area (Å²) in [7, 11) is 0. The minimum Gasteiger partial charge on any atom is -1.00 e. The molecule has 4 heteroatoms. The van der Waals surface area contributed by atoms with E-state index in [2.05, 4.69) is 23.0 Å². The number of hydrogen-bond acceptors (Lipinski definition) is 3. The Bertz CT molecular complexity index is 474. The number of aliphatic imine (C=N–C) groups is 1. The molecule has 1 aromatic rings. The van der Waals surface area contributed by atoms with E-state index in [1.54, 1.807) is 0 Å². The van der Waals surface area contributed by atoms with Gasteiger partial charge in [0.25, 0.3) is 0 Å². The van der Waals surface area contributed by atoms with Gasteiger partial charge in [-0.2, -0.15) is 0 Å². The van der Waals surface area contributed by atoms with Crippen LogP contribution in [0, 0.1) is 17.8 Å². The van der Waals surface area contributed by atoms with Gasteiger partial charge < -0.3 is 12.4 Å². The van der Waals surface area contributed by atoms with Gasteiger partial charge in [0, 0.05) is 5.92 Å². The molecule has 4 bridgehead atoms. The lowest BCUT2D eigenvalue weighted by molar-refractivity contribution is -0.00000437. The fourth-order valence-electron chi connectivity index (χ4n) is 4.24. The summed E-state index contributed by atoms with van der Waals surface area (Å²) >= 11 is 0. The molecule has 2 fully saturated rings. The van der Waals surface area contributed by atoms with Crippen molar-refractivity contribution in [2.45, 2.75) is 38.1 Å². The summed E-state index contributed by atoms with van der Waals surface area (Å²) in [5, 5.41) is 0. The molecule has 108 valence electrons. The van der Waals surface area contributed by atoms with Crippen LogP contribution in [0.1, 0.15) is 32.1 Å². The standard InChI is InChI=1S/C16H21N3.ClH/c1-2-4-14(5-3-1)18-19-16-13-7-11-6-12(8-13)10-15(9-11)17-16;/h1-5,11-13,15,18H,6-10H2,(H,17,19);1H/p-1. The second-order valence-corrected chi connectivity index (χ2v) is 6.39. The third-order valence-electron chi connectivity index (χ3n) is 4.93. The quantitative estimate of drug-likeness (QED) is 0.764. The van der Waals surface area contributed by atoms with E-state index in [1.807, 2.05) is 18.2 Å². The summed E-state index contributed by atoms with van der Waals surface area (Å²) in [6, 6.07) is 10.9. The highest BCUT2D eigenvalue weighted by atomic mass is 35.5. The zero-order valence-electron chi connectivity index (χ0n) is 11.6. The van der Waals surface area contributed by atoms with Crippen molar-refractivity contribution >= 4 is 11.5 Å². The number of nitrogens with zero attached hydrogens (tertiary/aromatic N) is 1. The zero-order valence-corrected chi connectivity index (χ0v) is 12.3. The first-order valence-corrected chi connectivity index (χ1v) is 7.51. The molecule has 0 saturated heterocycles. The minimum atomic E-state index is 0. The molecule has 2 heterocycles. The number of para-hydroxylation sites is 1. The van der Waals surface area contributed by atoms with Crippen molar-refractivity contribution in [3.05, 3.63) is 30.3 Å². The average molecular weight is 291 g/mol. The lowest BCUT2D eigenvalue weighted by Gasteiger charge is -2.37. The van der Waals surface area contributed by atoms with Crippen LogP contribution in [0.4, 0.5) is 5.69 Å². The fourth-order valence-corrected chi connectivity index (χ4v) is 4.24. The van der Waals surface area contributed by atoms with Crippen LogP contribution < -0.4 is 23.3 Å². The normalized spacial score (nSPS) is 33.9. The molecular formula is C16H21ClN3-. The topological polar surface area (TPSA) is 36.4 Å². The van der Waals surface area contributed by atoms with Crippen LogP contribution in [0.3, 0.4) is 0 Å². The van der Waals surface area contributed by atoms with E-state index < -0.39 is 0 Å². The highest BCUT2D eigenvalue weighted by Crippen LogP contribution is 2.46. The molecule has 2 N–H and O–H groups in total. The predicted octanol–water partition coefficient (Wildman–Crippen LogP) is 0.214. The van der Waals surface area contributed by atoms with Crippen molar-refractivity contribution in [3.8, 4) is 0 Å². The van der Waals surface area contributed by atoms with Crippen molar-refractivity contribution in [1.29, 1.82) is 0 Å². The predicted molar refractivity (Wildman–Crippen MR) is 78.0 cm³/mol. The Balaban J connectivity index is 0.00000121. The van der Waals surface area contributed by atoms with Crippen LogP contribution in [0.15, 0.2) is 35.3 Å². The Morgan fingerprint density at radius 1 is 0.850 bits per heavy atom. The highest BCUT2D eigenvalue weighted by molar-refractivity contribution is 5.86. The van der Waals surface area contributed by atoms with Crippen molar-refractivity contribution in [2.24, 2.45) is 22.7 Å². The van der Waals surface area contributed by atoms with Gasteiger partial charge in [-0.1, -0.05) is 18.2 Å². The van der Waals surface area contributed by atoms with Crippen LogP contribution in [0.2, 0.25) is 0 Å². The second-order valence-electron chi connectivity index (χ2n) is 6.39. The van der Waals surface area contributed by atoms with Crippen molar-refractivity contribution < 1.29 is 12.4 Å². The van der Waals surface area contributed by atoms with Crippen LogP contribution >= 0.6 is 0 Å². The molecule has 0 amide bonds. The third-order valence-corrected chi connectivity index (χ3v) is 4.93. The number of benzene rings is 1. The number of amidine groups is 1. The number of halogens is 1. The van der Waals surface area contributed by atoms with Crippen molar-refractivity contribution in [2.75, 3.05) is 5.43 Å². The molecule has 2 saturated carbocycles. The van der Waals surface area contributed by atoms with E-state index in [4.69, 9.17) is 4.99 Å². The Labute approximate surface area is 126 Å². The van der Waals surface area contributed by atoms with Crippen molar-refractivity contribution in [3.63, 3.8) is 0 Å². The van der Waals surface area contributed by atoms with Gasteiger partial charge in [0.2, 0.25) is 0 Å². The smallest absolute Gasteiger partial charge is 0.118 e. The van der Waals surface area contributed by atoms with Gasteiger partial charge in [0.05, 0.1) is 11.7 Å². The monoisotopic (exact) mass is 290 g/mol. The largest absolute Gasteiger partial charge is 1.00 e. The number of hydrazine groups is 1. The first-order valence-electron chi connectivity index (χ1n) is 7.51. The van der Waals surface area contributed by atoms with E-state index >= 15 is 0 Å². The second kappa shape index (κ2) is 5.65. The Morgan fingerprint density at radius 3 is 2.25 bits per heavy atom. The Hall–Kier alpha value is -1.22. The van der Waals surface area contributed by atoms with E-state index in [0.717, 1.165) is 17.5 Å². The third kappa shape index (κ3) is 2.64. The SMILES string of the molecule is [Cl-].c1ccc(NNC2=NC3CC4CC(C3)CC2C4)cc1. The van der Waals surface area contributed by atoms with Gasteiger partial charge in [0.15, 0.2) is 0 Å². The molecule has 2 unspecified atom stereocenters. The number of rotatable bonds is 2. The maximum atomic E-state index is 4.98. The maximum absolute atomic E-state index is 4.98. The molecule has 2 atom stereocenters. The average Bonchev–Trinajstić information content (AvgIpc) is 2.61. The number of hydrogen-bond donors (Lipinski definition) is 2. The van der Waals surface area contributed by atoms with Crippen LogP contribution in [0.25, 0.3) is 0 Å². The van der Waals surface area contributed by atoms with E-state index in [1.165, 1.54) is 37.9 Å². The molecule has 0 spiro atoms. The van der Waals surface area contributed by atoms with E-state index in [0.29, 0.717) is 12.0 Å². The lowest BCUT2D eigenvalue weighted by atomic mass is 9.68. The minimum absolute atomic E-state index is 0. The van der Waals surface area contributed by atoms with Gasteiger partial charge in [-0.05, 0) is 56.1 Å². The molecule has 1 aromatic carbocycles. The van der Waals surface area contributed by atoms with Crippen LogP contribution in [-0.2, 0) is 0 Å². The van der Waals surface area contributed by atoms with Gasteiger partial charge in [-0.25, -0.2) is 0 Å². The van der Waals surface area contributed by atoms with Gasteiger partial charge in [-0.3, -0.25) is 15.8 Å². The van der Waals surface area contributed by atoms with Crippen molar-refractivity contribution in [1.82, 2.24) is 5.43 Å². The number of anilines is 1. The summed E-state index contributed by atoms with van der Waals surface area (Å²) in [5.41, 5.74) is 7.80. The highest BCUT2D eigenvalue weighted by Gasteiger charge is 2.40. The molecular weight excluding hydrogens is 270 g/mol. The first-order chi connectivity index (χ1) is 9.37. The Morgan fingerprint density at radius 2 is 1.55 bits per heavy atom. The number of nitrogens with one attached hydrogen (secondary N) is 2. The summed E-state index contributed by atoms with van der Waals surface area (Å²) in [6.07, 6.45) is 6.79. The maximum Gasteiger partial charge on any atom is 0.118 e. The lowest BCUT2D eigenvalue weighted by Crippen LogP contribution is -3.00. The van der Waals surface area contributed by atoms with Crippen LogP contribution in [0.5, 0.6) is 0 Å². The molecule has 20 heavy (non-hydrogen) atoms. The molecule has 2 aliphatic heterocycles. The zero-order chi connectivity index (χ0) is 12.7. The molecule has 5 rings (SSSR count). The summed E-state index contributed by atoms with van der Waals surface area (Å²) in [5.74, 6) is 3.73. The summed E-state index contributed by atoms with van der Waals surface area (Å²) < 4.78 is 0. The molecule has 4 aliphatic rings. The van der Waals surface area contributed by atoms with Gasteiger partial charge >= 0.3 is 0 Å². The summed E-state index contributed by atoms with van der Waals surface area (Å²) in [6.45, 7) is 0. The summed E-state index contributed by atoms with van der Waals surface area (Å²) in [4.78, 5) is 4.98. The fraction of sp³-hybridized carbons (Fsp3) is 0.562.